The first-order chi connectivity index (χ1) is 13.5. The predicted molar refractivity (Wildman–Crippen MR) is 122 cm³/mol. The first kappa shape index (κ1) is 18.2. The maximum Gasteiger partial charge on any atom is 0.187 e. The third kappa shape index (κ3) is 3.47. The summed E-state index contributed by atoms with van der Waals surface area (Å²) in [5.41, 5.74) is 5.87. The maximum atomic E-state index is 7.30. The summed E-state index contributed by atoms with van der Waals surface area (Å²) in [6.45, 7) is 14.4. The molecule has 0 saturated carbocycles. The van der Waals surface area contributed by atoms with Crippen molar-refractivity contribution in [3.05, 3.63) is 90.3 Å². The molecule has 4 aromatic rings. The molecule has 0 aliphatic heterocycles. The van der Waals surface area contributed by atoms with Crippen molar-refractivity contribution in [3.63, 3.8) is 0 Å². The monoisotopic (exact) mass is 378 g/mol. The van der Waals surface area contributed by atoms with Crippen LogP contribution in [-0.4, -0.2) is 13.1 Å². The van der Waals surface area contributed by atoms with Crippen LogP contribution in [0.3, 0.4) is 0 Å². The van der Waals surface area contributed by atoms with Crippen LogP contribution in [0, 0.1) is 6.57 Å². The number of rotatable bonds is 3. The van der Waals surface area contributed by atoms with Crippen LogP contribution < -0.4 is 5.19 Å². The van der Waals surface area contributed by atoms with E-state index in [4.69, 9.17) is 11.6 Å². The van der Waals surface area contributed by atoms with Gasteiger partial charge in [-0.15, -0.1) is 0 Å². The molecule has 0 atom stereocenters. The maximum absolute atomic E-state index is 7.30. The quantitative estimate of drug-likeness (QED) is 0.288. The highest BCUT2D eigenvalue weighted by Gasteiger charge is 2.18. The van der Waals surface area contributed by atoms with E-state index in [1.807, 2.05) is 30.3 Å². The van der Waals surface area contributed by atoms with E-state index >= 15 is 0 Å². The molecule has 2 nitrogen and oxygen atoms in total. The molecular weight excluding hydrogens is 356 g/mol. The first-order valence-corrected chi connectivity index (χ1v) is 12.9. The molecule has 0 unspecified atom stereocenters. The van der Waals surface area contributed by atoms with E-state index in [0.29, 0.717) is 5.69 Å². The summed E-state index contributed by atoms with van der Waals surface area (Å²) >= 11 is 0. The Hall–Kier alpha value is -3.22. The van der Waals surface area contributed by atoms with Gasteiger partial charge < -0.3 is 0 Å². The molecule has 4 rings (SSSR count). The highest BCUT2D eigenvalue weighted by atomic mass is 28.3. The lowest BCUT2D eigenvalue weighted by Crippen LogP contribution is -2.37. The van der Waals surface area contributed by atoms with E-state index in [9.17, 15) is 0 Å². The Morgan fingerprint density at radius 1 is 0.786 bits per heavy atom. The van der Waals surface area contributed by atoms with Crippen LogP contribution in [0.15, 0.2) is 78.9 Å². The van der Waals surface area contributed by atoms with Gasteiger partial charge in [0.15, 0.2) is 5.69 Å². The van der Waals surface area contributed by atoms with Gasteiger partial charge in [0.1, 0.15) is 0 Å². The number of pyridine rings is 1. The van der Waals surface area contributed by atoms with E-state index in [1.165, 1.54) is 21.7 Å². The molecule has 0 fully saturated rings. The summed E-state index contributed by atoms with van der Waals surface area (Å²) in [4.78, 5) is 8.51. The van der Waals surface area contributed by atoms with E-state index in [1.54, 1.807) is 0 Å². The van der Waals surface area contributed by atoms with E-state index in [-0.39, 0.29) is 0 Å². The van der Waals surface area contributed by atoms with Crippen LogP contribution in [0.1, 0.15) is 0 Å². The molecule has 3 heteroatoms. The second kappa shape index (κ2) is 7.07. The molecule has 1 aromatic heterocycles. The normalized spacial score (nSPS) is 11.4. The Labute approximate surface area is 167 Å². The lowest BCUT2D eigenvalue weighted by atomic mass is 9.98. The zero-order chi connectivity index (χ0) is 19.7. The molecule has 0 bridgehead atoms. The average Bonchev–Trinajstić information content (AvgIpc) is 2.72. The highest BCUT2D eigenvalue weighted by Crippen LogP contribution is 2.33. The van der Waals surface area contributed by atoms with Crippen LogP contribution >= 0.6 is 0 Å². The van der Waals surface area contributed by atoms with Gasteiger partial charge in [-0.2, -0.15) is 0 Å². The fourth-order valence-electron chi connectivity index (χ4n) is 3.43. The summed E-state index contributed by atoms with van der Waals surface area (Å²) in [7, 11) is -1.43. The Balaban J connectivity index is 2.01. The van der Waals surface area contributed by atoms with Crippen LogP contribution in [0.25, 0.3) is 38.1 Å². The van der Waals surface area contributed by atoms with Gasteiger partial charge in [0.05, 0.1) is 25.9 Å². The van der Waals surface area contributed by atoms with Crippen molar-refractivity contribution in [1.82, 2.24) is 4.98 Å². The minimum atomic E-state index is -1.43. The molecule has 0 amide bonds. The molecule has 0 aliphatic rings. The van der Waals surface area contributed by atoms with E-state index < -0.39 is 8.07 Å². The molecule has 0 N–H and O–H groups in total. The van der Waals surface area contributed by atoms with Crippen molar-refractivity contribution in [1.29, 1.82) is 0 Å². The van der Waals surface area contributed by atoms with Crippen LogP contribution in [0.4, 0.5) is 5.69 Å². The molecular formula is C25H22N2Si. The van der Waals surface area contributed by atoms with Gasteiger partial charge in [-0.25, -0.2) is 9.83 Å². The Kier molecular flexibility index (Phi) is 4.58. The zero-order valence-electron chi connectivity index (χ0n) is 16.4. The van der Waals surface area contributed by atoms with Gasteiger partial charge >= 0.3 is 0 Å². The summed E-state index contributed by atoms with van der Waals surface area (Å²) in [6.07, 6.45) is 0. The van der Waals surface area contributed by atoms with Crippen molar-refractivity contribution in [2.75, 3.05) is 0 Å². The summed E-state index contributed by atoms with van der Waals surface area (Å²) in [5, 5.41) is 2.62. The Bertz CT molecular complexity index is 1200. The zero-order valence-corrected chi connectivity index (χ0v) is 17.4. The molecule has 0 spiro atoms. The Morgan fingerprint density at radius 3 is 2.25 bits per heavy atom. The average molecular weight is 379 g/mol. The van der Waals surface area contributed by atoms with Crippen LogP contribution in [0.5, 0.6) is 0 Å². The predicted octanol–water partition coefficient (Wildman–Crippen LogP) is 6.66. The van der Waals surface area contributed by atoms with Gasteiger partial charge in [0.2, 0.25) is 0 Å². The number of aromatic nitrogens is 1. The first-order valence-electron chi connectivity index (χ1n) is 9.44. The SMILES string of the molecule is [C-]#[N+]c1cccc(-c2cc(-c3ccccc3)c3cc([Si](C)(C)C)ccc3n2)c1. The number of fused-ring (bicyclic) bond motifs is 1. The fourth-order valence-corrected chi connectivity index (χ4v) is 4.59. The van der Waals surface area contributed by atoms with Gasteiger partial charge in [-0.05, 0) is 34.9 Å². The van der Waals surface area contributed by atoms with Gasteiger partial charge in [0, 0.05) is 5.39 Å². The summed E-state index contributed by atoms with van der Waals surface area (Å²) < 4.78 is 0. The molecule has 3 aromatic carbocycles. The number of benzene rings is 3. The molecule has 28 heavy (non-hydrogen) atoms. The van der Waals surface area contributed by atoms with E-state index in [0.717, 1.165) is 16.8 Å². The third-order valence-corrected chi connectivity index (χ3v) is 7.07. The minimum Gasteiger partial charge on any atom is -0.248 e. The molecule has 1 heterocycles. The van der Waals surface area contributed by atoms with Crippen LogP contribution in [0.2, 0.25) is 19.6 Å². The second-order valence-electron chi connectivity index (χ2n) is 8.07. The summed E-state index contributed by atoms with van der Waals surface area (Å²) in [5.74, 6) is 0. The van der Waals surface area contributed by atoms with Crippen molar-refractivity contribution < 1.29 is 0 Å². The third-order valence-electron chi connectivity index (χ3n) is 5.03. The molecule has 136 valence electrons. The van der Waals surface area contributed by atoms with Crippen molar-refractivity contribution in [2.24, 2.45) is 0 Å². The van der Waals surface area contributed by atoms with Gasteiger partial charge in [0.25, 0.3) is 0 Å². The lowest BCUT2D eigenvalue weighted by molar-refractivity contribution is 1.40. The Morgan fingerprint density at radius 2 is 1.54 bits per heavy atom. The van der Waals surface area contributed by atoms with Crippen LogP contribution in [-0.2, 0) is 0 Å². The lowest BCUT2D eigenvalue weighted by Gasteiger charge is -2.18. The molecule has 0 aliphatic carbocycles. The van der Waals surface area contributed by atoms with E-state index in [2.05, 4.69) is 73.0 Å². The molecule has 0 saturated heterocycles. The van der Waals surface area contributed by atoms with Crippen molar-refractivity contribution >= 4 is 29.9 Å². The minimum absolute atomic E-state index is 0.634. The van der Waals surface area contributed by atoms with Crippen molar-refractivity contribution in [2.45, 2.75) is 19.6 Å². The number of hydrogen-bond donors (Lipinski definition) is 0. The second-order valence-corrected chi connectivity index (χ2v) is 13.1. The summed E-state index contributed by atoms with van der Waals surface area (Å²) in [6, 6.07) is 27.0. The largest absolute Gasteiger partial charge is 0.248 e. The molecule has 0 radical (unpaired) electrons. The van der Waals surface area contributed by atoms with Gasteiger partial charge in [-0.3, -0.25) is 0 Å². The topological polar surface area (TPSA) is 17.2 Å². The number of nitrogens with zero attached hydrogens (tertiary/aromatic N) is 2. The number of hydrogen-bond acceptors (Lipinski definition) is 1. The standard InChI is InChI=1S/C25H22N2Si/c1-26-20-12-8-11-19(15-20)25-17-22(18-9-6-5-7-10-18)23-16-21(28(2,3)4)13-14-24(23)27-25/h5-17H,2-4H3. The smallest absolute Gasteiger partial charge is 0.187 e. The van der Waals surface area contributed by atoms with Gasteiger partial charge in [-0.1, -0.05) is 85.5 Å². The van der Waals surface area contributed by atoms with Crippen molar-refractivity contribution in [3.8, 4) is 22.4 Å². The highest BCUT2D eigenvalue weighted by molar-refractivity contribution is 6.88. The fraction of sp³-hybridized carbons (Fsp3) is 0.120.